The molecule has 1 fully saturated rings. The number of aryl methyl sites for hydroxylation is 3. The smallest absolute Gasteiger partial charge is 0.0721 e. The largest absolute Gasteiger partial charge is 0.377 e. The van der Waals surface area contributed by atoms with Gasteiger partial charge in [0.2, 0.25) is 0 Å². The Morgan fingerprint density at radius 2 is 1.89 bits per heavy atom. The molecule has 2 heteroatoms. The summed E-state index contributed by atoms with van der Waals surface area (Å²) >= 11 is 0. The molecule has 1 aromatic rings. The number of hydrogen-bond acceptors (Lipinski definition) is 2. The van der Waals surface area contributed by atoms with E-state index in [1.54, 1.807) is 0 Å². The van der Waals surface area contributed by atoms with E-state index in [0.717, 1.165) is 19.6 Å². The lowest BCUT2D eigenvalue weighted by Gasteiger charge is -2.23. The molecule has 1 aliphatic heterocycles. The molecule has 1 saturated heterocycles. The molecule has 0 radical (unpaired) electrons. The second kappa shape index (κ2) is 7.06. The van der Waals surface area contributed by atoms with Crippen LogP contribution in [0.1, 0.15) is 47.9 Å². The number of nitrogens with one attached hydrogen (secondary N) is 1. The summed E-state index contributed by atoms with van der Waals surface area (Å²) in [5, 5.41) is 3.57. The fraction of sp³-hybridized carbons (Fsp3) is 0.647. The van der Waals surface area contributed by atoms with Gasteiger partial charge in [-0.2, -0.15) is 0 Å². The molecular formula is C17H27NO. The van der Waals surface area contributed by atoms with E-state index in [1.165, 1.54) is 48.1 Å². The van der Waals surface area contributed by atoms with Crippen LogP contribution in [-0.4, -0.2) is 19.2 Å². The molecule has 1 aromatic carbocycles. The number of hydrogen-bond donors (Lipinski definition) is 1. The van der Waals surface area contributed by atoms with Crippen molar-refractivity contribution in [1.82, 2.24) is 5.32 Å². The highest BCUT2D eigenvalue weighted by Gasteiger charge is 2.12. The lowest BCUT2D eigenvalue weighted by molar-refractivity contribution is 0.107. The Labute approximate surface area is 117 Å². The van der Waals surface area contributed by atoms with Crippen LogP contribution in [0, 0.1) is 20.8 Å². The number of piperidine rings is 1. The van der Waals surface area contributed by atoms with Gasteiger partial charge in [0.15, 0.2) is 0 Å². The van der Waals surface area contributed by atoms with Gasteiger partial charge in [0.05, 0.1) is 6.61 Å². The Kier molecular flexibility index (Phi) is 5.41. The van der Waals surface area contributed by atoms with Crippen LogP contribution < -0.4 is 5.32 Å². The topological polar surface area (TPSA) is 21.3 Å². The van der Waals surface area contributed by atoms with Crippen molar-refractivity contribution in [3.05, 3.63) is 34.4 Å². The molecule has 1 N–H and O–H groups in total. The van der Waals surface area contributed by atoms with Crippen molar-refractivity contribution in [3.63, 3.8) is 0 Å². The highest BCUT2D eigenvalue weighted by atomic mass is 16.5. The molecular weight excluding hydrogens is 234 g/mol. The average Bonchev–Trinajstić information content (AvgIpc) is 2.38. The van der Waals surface area contributed by atoms with Gasteiger partial charge in [0.1, 0.15) is 0 Å². The maximum absolute atomic E-state index is 5.88. The van der Waals surface area contributed by atoms with Gasteiger partial charge in [-0.15, -0.1) is 0 Å². The first-order valence-electron chi connectivity index (χ1n) is 7.54. The first-order chi connectivity index (χ1) is 9.16. The van der Waals surface area contributed by atoms with Gasteiger partial charge in [-0.3, -0.25) is 0 Å². The van der Waals surface area contributed by atoms with Crippen molar-refractivity contribution in [1.29, 1.82) is 0 Å². The van der Waals surface area contributed by atoms with E-state index in [2.05, 4.69) is 38.2 Å². The molecule has 0 bridgehead atoms. The molecule has 0 saturated carbocycles. The quantitative estimate of drug-likeness (QED) is 0.817. The van der Waals surface area contributed by atoms with Gasteiger partial charge in [-0.1, -0.05) is 24.1 Å². The van der Waals surface area contributed by atoms with Crippen molar-refractivity contribution in [2.75, 3.05) is 13.2 Å². The zero-order valence-electron chi connectivity index (χ0n) is 12.6. The number of benzene rings is 1. The summed E-state index contributed by atoms with van der Waals surface area (Å²) in [7, 11) is 0. The highest BCUT2D eigenvalue weighted by Crippen LogP contribution is 2.17. The summed E-state index contributed by atoms with van der Waals surface area (Å²) in [5.41, 5.74) is 5.41. The van der Waals surface area contributed by atoms with Gasteiger partial charge in [-0.05, 0) is 63.3 Å². The van der Waals surface area contributed by atoms with Gasteiger partial charge in [0.25, 0.3) is 0 Å². The van der Waals surface area contributed by atoms with Gasteiger partial charge in [-0.25, -0.2) is 0 Å². The van der Waals surface area contributed by atoms with E-state index < -0.39 is 0 Å². The SMILES string of the molecule is Cc1cc(C)c(COCCC2CCCCN2)c(C)c1. The molecule has 2 rings (SSSR count). The van der Waals surface area contributed by atoms with Crippen molar-refractivity contribution < 1.29 is 4.74 Å². The minimum Gasteiger partial charge on any atom is -0.377 e. The van der Waals surface area contributed by atoms with E-state index in [9.17, 15) is 0 Å². The summed E-state index contributed by atoms with van der Waals surface area (Å²) in [6.07, 6.45) is 5.16. The molecule has 0 aromatic heterocycles. The van der Waals surface area contributed by atoms with Crippen molar-refractivity contribution in [3.8, 4) is 0 Å². The third-order valence-electron chi connectivity index (χ3n) is 4.11. The number of rotatable bonds is 5. The third-order valence-corrected chi connectivity index (χ3v) is 4.11. The Bertz CT molecular complexity index is 385. The van der Waals surface area contributed by atoms with E-state index in [4.69, 9.17) is 4.74 Å². The zero-order valence-corrected chi connectivity index (χ0v) is 12.6. The standard InChI is InChI=1S/C17H27NO/c1-13-10-14(2)17(15(3)11-13)12-19-9-7-16-6-4-5-8-18-16/h10-11,16,18H,4-9,12H2,1-3H3. The van der Waals surface area contributed by atoms with E-state index in [-0.39, 0.29) is 0 Å². The fourth-order valence-corrected chi connectivity index (χ4v) is 3.01. The van der Waals surface area contributed by atoms with Crippen LogP contribution in [0.25, 0.3) is 0 Å². The first kappa shape index (κ1) is 14.5. The fourth-order valence-electron chi connectivity index (χ4n) is 3.01. The van der Waals surface area contributed by atoms with Gasteiger partial charge in [0, 0.05) is 12.6 Å². The summed E-state index contributed by atoms with van der Waals surface area (Å²) in [4.78, 5) is 0. The zero-order chi connectivity index (χ0) is 13.7. The highest BCUT2D eigenvalue weighted by molar-refractivity contribution is 5.36. The predicted molar refractivity (Wildman–Crippen MR) is 80.6 cm³/mol. The first-order valence-corrected chi connectivity index (χ1v) is 7.54. The summed E-state index contributed by atoms with van der Waals surface area (Å²) in [5.74, 6) is 0. The Hall–Kier alpha value is -0.860. The van der Waals surface area contributed by atoms with Gasteiger partial charge < -0.3 is 10.1 Å². The maximum Gasteiger partial charge on any atom is 0.0721 e. The predicted octanol–water partition coefficient (Wildman–Crippen LogP) is 3.66. The van der Waals surface area contributed by atoms with Crippen LogP contribution >= 0.6 is 0 Å². The molecule has 1 atom stereocenters. The third kappa shape index (κ3) is 4.32. The molecule has 0 amide bonds. The second-order valence-corrected chi connectivity index (χ2v) is 5.87. The van der Waals surface area contributed by atoms with Crippen molar-refractivity contribution >= 4 is 0 Å². The molecule has 1 heterocycles. The van der Waals surface area contributed by atoms with Crippen LogP contribution in [0.15, 0.2) is 12.1 Å². The Morgan fingerprint density at radius 3 is 2.53 bits per heavy atom. The second-order valence-electron chi connectivity index (χ2n) is 5.87. The normalized spacial score (nSPS) is 19.6. The van der Waals surface area contributed by atoms with Crippen LogP contribution in [0.5, 0.6) is 0 Å². The Balaban J connectivity index is 1.76. The van der Waals surface area contributed by atoms with E-state index >= 15 is 0 Å². The number of ether oxygens (including phenoxy) is 1. The van der Waals surface area contributed by atoms with Crippen molar-refractivity contribution in [2.45, 2.75) is 59.1 Å². The molecule has 106 valence electrons. The minimum absolute atomic E-state index is 0.675. The summed E-state index contributed by atoms with van der Waals surface area (Å²) in [6.45, 7) is 9.32. The van der Waals surface area contributed by atoms with Crippen LogP contribution in [-0.2, 0) is 11.3 Å². The molecule has 1 aliphatic rings. The molecule has 2 nitrogen and oxygen atoms in total. The van der Waals surface area contributed by atoms with Crippen LogP contribution in [0.4, 0.5) is 0 Å². The maximum atomic E-state index is 5.88. The van der Waals surface area contributed by atoms with E-state index in [1.807, 2.05) is 0 Å². The average molecular weight is 261 g/mol. The Morgan fingerprint density at radius 1 is 1.16 bits per heavy atom. The summed E-state index contributed by atoms with van der Waals surface area (Å²) < 4.78 is 5.88. The van der Waals surface area contributed by atoms with Gasteiger partial charge >= 0.3 is 0 Å². The van der Waals surface area contributed by atoms with Crippen LogP contribution in [0.3, 0.4) is 0 Å². The molecule has 1 unspecified atom stereocenters. The minimum atomic E-state index is 0.675. The van der Waals surface area contributed by atoms with Crippen molar-refractivity contribution in [2.24, 2.45) is 0 Å². The van der Waals surface area contributed by atoms with E-state index in [0.29, 0.717) is 6.04 Å². The lowest BCUT2D eigenvalue weighted by Crippen LogP contribution is -2.34. The van der Waals surface area contributed by atoms with Crippen LogP contribution in [0.2, 0.25) is 0 Å². The molecule has 0 aliphatic carbocycles. The lowest BCUT2D eigenvalue weighted by atomic mass is 10.0. The molecule has 0 spiro atoms. The monoisotopic (exact) mass is 261 g/mol. The molecule has 19 heavy (non-hydrogen) atoms. The summed E-state index contributed by atoms with van der Waals surface area (Å²) in [6, 6.07) is 5.16.